The highest BCUT2D eigenvalue weighted by molar-refractivity contribution is 5.34. The number of hydrogen-bond donors (Lipinski definition) is 2. The molecule has 0 amide bonds. The standard InChI is InChI=1S/C12H19N3O/c1-9-6-12(15-8-14-9)13-7-10-4-2-3-5-11(10)16/h6,8,10-11,16H,2-5,7H2,1H3,(H,13,14,15). The summed E-state index contributed by atoms with van der Waals surface area (Å²) in [5.41, 5.74) is 0.960. The number of aromatic nitrogens is 2. The number of nitrogens with one attached hydrogen (secondary N) is 1. The van der Waals surface area contributed by atoms with Crippen LogP contribution in [0.2, 0.25) is 0 Å². The quantitative estimate of drug-likeness (QED) is 0.816. The highest BCUT2D eigenvalue weighted by atomic mass is 16.3. The van der Waals surface area contributed by atoms with Gasteiger partial charge in [-0.2, -0.15) is 0 Å². The first-order chi connectivity index (χ1) is 7.75. The van der Waals surface area contributed by atoms with Crippen LogP contribution in [0, 0.1) is 12.8 Å². The van der Waals surface area contributed by atoms with Crippen molar-refractivity contribution in [2.75, 3.05) is 11.9 Å². The van der Waals surface area contributed by atoms with E-state index in [0.717, 1.165) is 37.3 Å². The molecule has 0 bridgehead atoms. The van der Waals surface area contributed by atoms with E-state index >= 15 is 0 Å². The van der Waals surface area contributed by atoms with Crippen LogP contribution in [0.25, 0.3) is 0 Å². The second-order valence-electron chi connectivity index (χ2n) is 4.54. The van der Waals surface area contributed by atoms with Crippen LogP contribution in [0.3, 0.4) is 0 Å². The number of rotatable bonds is 3. The summed E-state index contributed by atoms with van der Waals surface area (Å²) in [6, 6.07) is 1.93. The molecule has 88 valence electrons. The second kappa shape index (κ2) is 5.25. The van der Waals surface area contributed by atoms with Crippen molar-refractivity contribution in [1.82, 2.24) is 9.97 Å². The lowest BCUT2D eigenvalue weighted by atomic mass is 9.86. The summed E-state index contributed by atoms with van der Waals surface area (Å²) >= 11 is 0. The molecule has 16 heavy (non-hydrogen) atoms. The van der Waals surface area contributed by atoms with Crippen LogP contribution in [-0.2, 0) is 0 Å². The van der Waals surface area contributed by atoms with Crippen LogP contribution in [0.4, 0.5) is 5.82 Å². The molecule has 2 N–H and O–H groups in total. The van der Waals surface area contributed by atoms with E-state index in [1.165, 1.54) is 6.42 Å². The normalized spacial score (nSPS) is 25.4. The minimum Gasteiger partial charge on any atom is -0.393 e. The smallest absolute Gasteiger partial charge is 0.129 e. The van der Waals surface area contributed by atoms with Gasteiger partial charge in [0, 0.05) is 24.2 Å². The number of anilines is 1. The Balaban J connectivity index is 1.86. The molecule has 1 aromatic rings. The molecule has 1 aliphatic carbocycles. The van der Waals surface area contributed by atoms with E-state index < -0.39 is 0 Å². The van der Waals surface area contributed by atoms with Crippen molar-refractivity contribution in [2.45, 2.75) is 38.7 Å². The number of aryl methyl sites for hydroxylation is 1. The predicted octanol–water partition coefficient (Wildman–Crippen LogP) is 1.75. The topological polar surface area (TPSA) is 58.0 Å². The fraction of sp³-hybridized carbons (Fsp3) is 0.667. The maximum atomic E-state index is 9.83. The monoisotopic (exact) mass is 221 g/mol. The Kier molecular flexibility index (Phi) is 3.72. The molecule has 1 fully saturated rings. The van der Waals surface area contributed by atoms with Crippen LogP contribution in [0.15, 0.2) is 12.4 Å². The minimum absolute atomic E-state index is 0.149. The molecule has 0 aliphatic heterocycles. The fourth-order valence-electron chi connectivity index (χ4n) is 2.21. The van der Waals surface area contributed by atoms with Crippen molar-refractivity contribution in [3.8, 4) is 0 Å². The summed E-state index contributed by atoms with van der Waals surface area (Å²) in [5.74, 6) is 1.22. The third-order valence-electron chi connectivity index (χ3n) is 3.22. The highest BCUT2D eigenvalue weighted by Crippen LogP contribution is 2.24. The van der Waals surface area contributed by atoms with Gasteiger partial charge in [-0.05, 0) is 19.8 Å². The summed E-state index contributed by atoms with van der Waals surface area (Å²) < 4.78 is 0. The molecule has 2 unspecified atom stereocenters. The molecule has 4 nitrogen and oxygen atoms in total. The zero-order valence-corrected chi connectivity index (χ0v) is 9.69. The lowest BCUT2D eigenvalue weighted by Crippen LogP contribution is -2.30. The average Bonchev–Trinajstić information content (AvgIpc) is 2.28. The maximum Gasteiger partial charge on any atom is 0.129 e. The molecule has 0 radical (unpaired) electrons. The molecule has 0 aromatic carbocycles. The summed E-state index contributed by atoms with van der Waals surface area (Å²) in [4.78, 5) is 8.19. The molecule has 2 rings (SSSR count). The molecule has 1 aliphatic rings. The van der Waals surface area contributed by atoms with Crippen molar-refractivity contribution < 1.29 is 5.11 Å². The van der Waals surface area contributed by atoms with Crippen LogP contribution < -0.4 is 5.32 Å². The highest BCUT2D eigenvalue weighted by Gasteiger charge is 2.22. The summed E-state index contributed by atoms with van der Waals surface area (Å²) in [5, 5.41) is 13.1. The molecular weight excluding hydrogens is 202 g/mol. The van der Waals surface area contributed by atoms with Crippen LogP contribution in [0.1, 0.15) is 31.4 Å². The van der Waals surface area contributed by atoms with Gasteiger partial charge in [-0.1, -0.05) is 12.8 Å². The minimum atomic E-state index is -0.149. The second-order valence-corrected chi connectivity index (χ2v) is 4.54. The summed E-state index contributed by atoms with van der Waals surface area (Å²) in [6.45, 7) is 2.75. The van der Waals surface area contributed by atoms with E-state index in [-0.39, 0.29) is 6.10 Å². The van der Waals surface area contributed by atoms with Crippen molar-refractivity contribution in [3.63, 3.8) is 0 Å². The van der Waals surface area contributed by atoms with E-state index in [2.05, 4.69) is 15.3 Å². The van der Waals surface area contributed by atoms with Gasteiger partial charge in [0.25, 0.3) is 0 Å². The van der Waals surface area contributed by atoms with E-state index in [4.69, 9.17) is 0 Å². The number of aliphatic hydroxyl groups excluding tert-OH is 1. The Labute approximate surface area is 96.1 Å². The van der Waals surface area contributed by atoms with Gasteiger partial charge in [0.2, 0.25) is 0 Å². The lowest BCUT2D eigenvalue weighted by molar-refractivity contribution is 0.0763. The molecule has 1 heterocycles. The van der Waals surface area contributed by atoms with Crippen molar-refractivity contribution in [2.24, 2.45) is 5.92 Å². The summed E-state index contributed by atoms with van der Waals surface area (Å²) in [7, 11) is 0. The van der Waals surface area contributed by atoms with Gasteiger partial charge >= 0.3 is 0 Å². The van der Waals surface area contributed by atoms with Gasteiger partial charge < -0.3 is 10.4 Å². The number of aliphatic hydroxyl groups is 1. The van der Waals surface area contributed by atoms with Gasteiger partial charge in [0.05, 0.1) is 6.10 Å². The van der Waals surface area contributed by atoms with Gasteiger partial charge in [-0.3, -0.25) is 0 Å². The van der Waals surface area contributed by atoms with Gasteiger partial charge in [0.15, 0.2) is 0 Å². The molecule has 2 atom stereocenters. The maximum absolute atomic E-state index is 9.83. The van der Waals surface area contributed by atoms with Crippen LogP contribution in [0.5, 0.6) is 0 Å². The largest absolute Gasteiger partial charge is 0.393 e. The van der Waals surface area contributed by atoms with Gasteiger partial charge in [0.1, 0.15) is 12.1 Å². The SMILES string of the molecule is Cc1cc(NCC2CCCCC2O)ncn1. The number of nitrogens with zero attached hydrogens (tertiary/aromatic N) is 2. The fourth-order valence-corrected chi connectivity index (χ4v) is 2.21. The van der Waals surface area contributed by atoms with Crippen molar-refractivity contribution >= 4 is 5.82 Å². The third kappa shape index (κ3) is 2.92. The van der Waals surface area contributed by atoms with E-state index in [1.807, 2.05) is 13.0 Å². The molecule has 0 spiro atoms. The van der Waals surface area contributed by atoms with E-state index in [9.17, 15) is 5.11 Å². The molecule has 1 aromatic heterocycles. The first-order valence-electron chi connectivity index (χ1n) is 5.96. The predicted molar refractivity (Wildman–Crippen MR) is 63.2 cm³/mol. The Morgan fingerprint density at radius 1 is 1.38 bits per heavy atom. The van der Waals surface area contributed by atoms with Crippen LogP contribution in [-0.4, -0.2) is 27.7 Å². The summed E-state index contributed by atoms with van der Waals surface area (Å²) in [6.07, 6.45) is 5.85. The molecule has 4 heteroatoms. The van der Waals surface area contributed by atoms with E-state index in [0.29, 0.717) is 5.92 Å². The zero-order chi connectivity index (χ0) is 11.4. The molecule has 0 saturated heterocycles. The first kappa shape index (κ1) is 11.3. The lowest BCUT2D eigenvalue weighted by Gasteiger charge is -2.27. The Morgan fingerprint density at radius 2 is 2.19 bits per heavy atom. The first-order valence-corrected chi connectivity index (χ1v) is 5.96. The Morgan fingerprint density at radius 3 is 2.94 bits per heavy atom. The van der Waals surface area contributed by atoms with E-state index in [1.54, 1.807) is 6.33 Å². The third-order valence-corrected chi connectivity index (χ3v) is 3.22. The van der Waals surface area contributed by atoms with Gasteiger partial charge in [-0.15, -0.1) is 0 Å². The molecular formula is C12H19N3O. The van der Waals surface area contributed by atoms with Crippen molar-refractivity contribution in [1.29, 1.82) is 0 Å². The van der Waals surface area contributed by atoms with Crippen molar-refractivity contribution in [3.05, 3.63) is 18.1 Å². The van der Waals surface area contributed by atoms with Gasteiger partial charge in [-0.25, -0.2) is 9.97 Å². The molecule has 1 saturated carbocycles. The van der Waals surface area contributed by atoms with Crippen LogP contribution >= 0.6 is 0 Å². The Bertz CT molecular complexity index is 343. The average molecular weight is 221 g/mol. The zero-order valence-electron chi connectivity index (χ0n) is 9.69. The Hall–Kier alpha value is -1.16. The number of hydrogen-bond acceptors (Lipinski definition) is 4.